The number of aromatic nitrogens is 1. The van der Waals surface area contributed by atoms with Crippen molar-refractivity contribution in [2.24, 2.45) is 5.92 Å². The number of nitrogens with one attached hydrogen (secondary N) is 2. The van der Waals surface area contributed by atoms with Crippen LogP contribution in [-0.2, 0) is 10.0 Å². The van der Waals surface area contributed by atoms with E-state index in [9.17, 15) is 8.42 Å². The number of anilines is 1. The van der Waals surface area contributed by atoms with Gasteiger partial charge in [0, 0.05) is 5.56 Å². The van der Waals surface area contributed by atoms with Crippen LogP contribution < -0.4 is 10.0 Å². The Bertz CT molecular complexity index is 504. The first-order valence-electron chi connectivity index (χ1n) is 6.12. The van der Waals surface area contributed by atoms with Gasteiger partial charge in [0.05, 0.1) is 11.4 Å². The van der Waals surface area contributed by atoms with Gasteiger partial charge in [0.25, 0.3) is 0 Å². The van der Waals surface area contributed by atoms with Crippen LogP contribution >= 0.6 is 0 Å². The number of hydrogen-bond donors (Lipinski definition) is 2. The Morgan fingerprint density at radius 3 is 2.83 bits per heavy atom. The quantitative estimate of drug-likeness (QED) is 0.856. The van der Waals surface area contributed by atoms with Gasteiger partial charge in [0.15, 0.2) is 0 Å². The molecule has 1 saturated heterocycles. The zero-order valence-corrected chi connectivity index (χ0v) is 11.5. The zero-order valence-electron chi connectivity index (χ0n) is 10.7. The normalized spacial score (nSPS) is 20.9. The fraction of sp³-hybridized carbons (Fsp3) is 0.727. The average Bonchev–Trinajstić information content (AvgIpc) is 2.61. The molecule has 1 aromatic rings. The summed E-state index contributed by atoms with van der Waals surface area (Å²) in [6.45, 7) is 5.30. The van der Waals surface area contributed by atoms with Crippen molar-refractivity contribution in [3.8, 4) is 0 Å². The monoisotopic (exact) mass is 273 g/mol. The first-order chi connectivity index (χ1) is 8.48. The van der Waals surface area contributed by atoms with Crippen LogP contribution in [0.4, 0.5) is 5.88 Å². The van der Waals surface area contributed by atoms with Gasteiger partial charge in [0.2, 0.25) is 15.9 Å². The molecule has 6 nitrogen and oxygen atoms in total. The third-order valence-electron chi connectivity index (χ3n) is 3.26. The maximum absolute atomic E-state index is 12.0. The summed E-state index contributed by atoms with van der Waals surface area (Å²) in [5.41, 5.74) is 1.44. The number of hydrogen-bond acceptors (Lipinski definition) is 5. The summed E-state index contributed by atoms with van der Waals surface area (Å²) in [7, 11) is -3.37. The zero-order chi connectivity index (χ0) is 13.2. The third kappa shape index (κ3) is 3.23. The lowest BCUT2D eigenvalue weighted by molar-refractivity contribution is 0.403. The molecule has 0 spiro atoms. The molecule has 0 bridgehead atoms. The molecule has 0 radical (unpaired) electrons. The summed E-state index contributed by atoms with van der Waals surface area (Å²) < 4.78 is 31.4. The van der Waals surface area contributed by atoms with E-state index in [4.69, 9.17) is 4.52 Å². The van der Waals surface area contributed by atoms with Gasteiger partial charge in [0.1, 0.15) is 0 Å². The van der Waals surface area contributed by atoms with Crippen molar-refractivity contribution in [3.05, 3.63) is 11.3 Å². The van der Waals surface area contributed by atoms with Crippen LogP contribution in [0.3, 0.4) is 0 Å². The molecule has 102 valence electrons. The maximum Gasteiger partial charge on any atom is 0.241 e. The fourth-order valence-electron chi connectivity index (χ4n) is 2.07. The molecule has 2 rings (SSSR count). The predicted molar refractivity (Wildman–Crippen MR) is 69.0 cm³/mol. The van der Waals surface area contributed by atoms with Gasteiger partial charge < -0.3 is 9.84 Å². The summed E-state index contributed by atoms with van der Waals surface area (Å²) in [6.07, 6.45) is 1.98. The lowest BCUT2D eigenvalue weighted by atomic mass is 10.0. The molecule has 1 unspecified atom stereocenters. The number of sulfonamides is 1. The molecule has 1 aliphatic rings. The van der Waals surface area contributed by atoms with E-state index in [1.807, 2.05) is 0 Å². The van der Waals surface area contributed by atoms with Gasteiger partial charge in [-0.15, -0.1) is 0 Å². The van der Waals surface area contributed by atoms with Crippen LogP contribution in [0.5, 0.6) is 0 Å². The minimum Gasteiger partial charge on any atom is -0.337 e. The van der Waals surface area contributed by atoms with Gasteiger partial charge in [-0.3, -0.25) is 4.72 Å². The average molecular weight is 273 g/mol. The predicted octanol–water partition coefficient (Wildman–Crippen LogP) is 1.03. The first kappa shape index (κ1) is 13.4. The number of rotatable bonds is 4. The molecule has 0 aliphatic carbocycles. The van der Waals surface area contributed by atoms with Gasteiger partial charge in [-0.25, -0.2) is 8.42 Å². The topological polar surface area (TPSA) is 84.2 Å². The molecule has 1 aliphatic heterocycles. The van der Waals surface area contributed by atoms with Crippen molar-refractivity contribution in [1.82, 2.24) is 10.5 Å². The molecule has 2 heterocycles. The van der Waals surface area contributed by atoms with E-state index in [2.05, 4.69) is 15.2 Å². The van der Waals surface area contributed by atoms with E-state index >= 15 is 0 Å². The molecule has 1 fully saturated rings. The van der Waals surface area contributed by atoms with Crippen molar-refractivity contribution < 1.29 is 12.9 Å². The Hall–Kier alpha value is -1.08. The van der Waals surface area contributed by atoms with E-state index in [1.165, 1.54) is 0 Å². The lowest BCUT2D eigenvalue weighted by Crippen LogP contribution is -2.35. The Kier molecular flexibility index (Phi) is 3.91. The Morgan fingerprint density at radius 2 is 2.28 bits per heavy atom. The van der Waals surface area contributed by atoms with Crippen LogP contribution in [0.1, 0.15) is 24.1 Å². The highest BCUT2D eigenvalue weighted by molar-refractivity contribution is 7.92. The van der Waals surface area contributed by atoms with E-state index in [-0.39, 0.29) is 17.6 Å². The molecule has 0 aromatic carbocycles. The minimum atomic E-state index is -3.37. The maximum atomic E-state index is 12.0. The van der Waals surface area contributed by atoms with Crippen LogP contribution in [0.25, 0.3) is 0 Å². The smallest absolute Gasteiger partial charge is 0.241 e. The molecule has 0 amide bonds. The van der Waals surface area contributed by atoms with E-state index in [1.54, 1.807) is 13.8 Å². The summed E-state index contributed by atoms with van der Waals surface area (Å²) in [5.74, 6) is 0.524. The first-order valence-corrected chi connectivity index (χ1v) is 7.77. The molecule has 7 heteroatoms. The van der Waals surface area contributed by atoms with Crippen molar-refractivity contribution in [2.75, 3.05) is 23.6 Å². The number of aryl methyl sites for hydroxylation is 1. The van der Waals surface area contributed by atoms with Gasteiger partial charge in [-0.2, -0.15) is 0 Å². The highest BCUT2D eigenvalue weighted by Gasteiger charge is 2.23. The summed E-state index contributed by atoms with van der Waals surface area (Å²) in [4.78, 5) is 0. The lowest BCUT2D eigenvalue weighted by Gasteiger charge is -2.22. The second-order valence-corrected chi connectivity index (χ2v) is 6.58. The van der Waals surface area contributed by atoms with Crippen LogP contribution in [-0.4, -0.2) is 32.4 Å². The van der Waals surface area contributed by atoms with Gasteiger partial charge in [-0.05, 0) is 45.7 Å². The summed E-state index contributed by atoms with van der Waals surface area (Å²) >= 11 is 0. The highest BCUT2D eigenvalue weighted by atomic mass is 32.2. The van der Waals surface area contributed by atoms with Crippen molar-refractivity contribution in [3.63, 3.8) is 0 Å². The molecule has 1 atom stereocenters. The largest absolute Gasteiger partial charge is 0.337 e. The van der Waals surface area contributed by atoms with Gasteiger partial charge >= 0.3 is 0 Å². The van der Waals surface area contributed by atoms with Crippen LogP contribution in [0, 0.1) is 19.8 Å². The molecular weight excluding hydrogens is 254 g/mol. The second-order valence-electron chi connectivity index (χ2n) is 4.82. The van der Waals surface area contributed by atoms with E-state index in [0.717, 1.165) is 31.5 Å². The highest BCUT2D eigenvalue weighted by Crippen LogP contribution is 2.20. The summed E-state index contributed by atoms with van der Waals surface area (Å²) in [5, 5.41) is 6.94. The molecule has 0 saturated carbocycles. The van der Waals surface area contributed by atoms with Crippen LogP contribution in [0.2, 0.25) is 0 Å². The Balaban J connectivity index is 2.00. The standard InChI is InChI=1S/C11H19N3O3S/c1-8-9(2)13-17-11(8)14-18(15,16)7-10-4-3-5-12-6-10/h10,12,14H,3-7H2,1-2H3. The van der Waals surface area contributed by atoms with Gasteiger partial charge in [-0.1, -0.05) is 5.16 Å². The van der Waals surface area contributed by atoms with E-state index in [0.29, 0.717) is 5.69 Å². The number of piperidine rings is 1. The van der Waals surface area contributed by atoms with E-state index < -0.39 is 10.0 Å². The van der Waals surface area contributed by atoms with Crippen molar-refractivity contribution in [1.29, 1.82) is 0 Å². The molecule has 1 aromatic heterocycles. The van der Waals surface area contributed by atoms with Crippen molar-refractivity contribution >= 4 is 15.9 Å². The number of nitrogens with zero attached hydrogens (tertiary/aromatic N) is 1. The minimum absolute atomic E-state index is 0.124. The Morgan fingerprint density at radius 1 is 1.50 bits per heavy atom. The molecule has 18 heavy (non-hydrogen) atoms. The SMILES string of the molecule is Cc1noc(NS(=O)(=O)CC2CCCNC2)c1C. The second kappa shape index (κ2) is 5.27. The van der Waals surface area contributed by atoms with Crippen molar-refractivity contribution in [2.45, 2.75) is 26.7 Å². The third-order valence-corrected chi connectivity index (χ3v) is 4.67. The molecule has 2 N–H and O–H groups in total. The fourth-order valence-corrected chi connectivity index (χ4v) is 3.53. The van der Waals surface area contributed by atoms with Crippen LogP contribution in [0.15, 0.2) is 4.52 Å². The Labute approximate surface area is 107 Å². The molecular formula is C11H19N3O3S. The summed E-state index contributed by atoms with van der Waals surface area (Å²) in [6, 6.07) is 0.